The van der Waals surface area contributed by atoms with Crippen molar-refractivity contribution < 1.29 is 19.1 Å². The van der Waals surface area contributed by atoms with E-state index in [9.17, 15) is 14.4 Å². The first-order chi connectivity index (χ1) is 5.76. The molecule has 0 aliphatic rings. The Morgan fingerprint density at radius 1 is 1.50 bits per heavy atom. The number of esters is 1. The van der Waals surface area contributed by atoms with E-state index < -0.39 is 11.9 Å². The van der Waals surface area contributed by atoms with Gasteiger partial charge in [-0.15, -0.1) is 0 Å². The number of carbonyl (C=O) groups excluding carboxylic acids is 3. The zero-order valence-electron chi connectivity index (χ0n) is 6.99. The van der Waals surface area contributed by atoms with Crippen molar-refractivity contribution in [2.24, 2.45) is 5.92 Å². The maximum Gasteiger partial charge on any atom is 0.316 e. The van der Waals surface area contributed by atoms with Crippen molar-refractivity contribution in [3.63, 3.8) is 0 Å². The Morgan fingerprint density at radius 3 is 2.58 bits per heavy atom. The smallest absolute Gasteiger partial charge is 0.316 e. The second kappa shape index (κ2) is 6.52. The third-order valence-electron chi connectivity index (χ3n) is 1.35. The Hall–Kier alpha value is -1.19. The van der Waals surface area contributed by atoms with Gasteiger partial charge in [-0.2, -0.15) is 0 Å². The summed E-state index contributed by atoms with van der Waals surface area (Å²) < 4.78 is 4.61. The lowest BCUT2D eigenvalue weighted by Gasteiger charge is -2.06. The van der Waals surface area contributed by atoms with Gasteiger partial charge in [0.1, 0.15) is 18.5 Å². The molecule has 4 nitrogen and oxygen atoms in total. The zero-order chi connectivity index (χ0) is 9.40. The normalized spacial score (nSPS) is 11.8. The summed E-state index contributed by atoms with van der Waals surface area (Å²) in [6, 6.07) is 0. The quantitative estimate of drug-likeness (QED) is 0.329. The lowest BCUT2D eigenvalue weighted by molar-refractivity contribution is -0.149. The van der Waals surface area contributed by atoms with Crippen LogP contribution in [0.2, 0.25) is 0 Å². The summed E-state index contributed by atoms with van der Waals surface area (Å²) in [4.78, 5) is 31.2. The van der Waals surface area contributed by atoms with E-state index in [1.807, 2.05) is 0 Å². The molecule has 12 heavy (non-hydrogen) atoms. The van der Waals surface area contributed by atoms with Crippen LogP contribution in [0.3, 0.4) is 0 Å². The second-order valence-corrected chi connectivity index (χ2v) is 2.24. The first-order valence-electron chi connectivity index (χ1n) is 3.81. The molecule has 0 aliphatic carbocycles. The monoisotopic (exact) mass is 172 g/mol. The molecule has 4 heteroatoms. The van der Waals surface area contributed by atoms with Crippen LogP contribution in [0.4, 0.5) is 0 Å². The molecule has 0 fully saturated rings. The molecule has 0 radical (unpaired) electrons. The number of rotatable bonds is 6. The minimum absolute atomic E-state index is 0.211. The van der Waals surface area contributed by atoms with Gasteiger partial charge in [0.15, 0.2) is 0 Å². The Balaban J connectivity index is 3.86. The predicted octanol–water partition coefficient (Wildman–Crippen LogP) is 0.344. The minimum atomic E-state index is -0.782. The van der Waals surface area contributed by atoms with Crippen LogP contribution < -0.4 is 0 Å². The number of ether oxygens (including phenoxy) is 1. The van der Waals surface area contributed by atoms with Crippen molar-refractivity contribution in [2.75, 3.05) is 6.61 Å². The van der Waals surface area contributed by atoms with Crippen LogP contribution in [0.25, 0.3) is 0 Å². The van der Waals surface area contributed by atoms with E-state index in [1.54, 1.807) is 6.92 Å². The summed E-state index contributed by atoms with van der Waals surface area (Å²) in [7, 11) is 0. The average Bonchev–Trinajstić information content (AvgIpc) is 2.06. The van der Waals surface area contributed by atoms with Crippen LogP contribution in [-0.2, 0) is 19.1 Å². The van der Waals surface area contributed by atoms with Crippen LogP contribution >= 0.6 is 0 Å². The van der Waals surface area contributed by atoms with Gasteiger partial charge in [0, 0.05) is 6.42 Å². The molecule has 0 heterocycles. The van der Waals surface area contributed by atoms with Gasteiger partial charge in [0.2, 0.25) is 0 Å². The van der Waals surface area contributed by atoms with Crippen LogP contribution in [-0.4, -0.2) is 25.1 Å². The van der Waals surface area contributed by atoms with Gasteiger partial charge in [-0.1, -0.05) is 0 Å². The van der Waals surface area contributed by atoms with Gasteiger partial charge in [0.25, 0.3) is 0 Å². The van der Waals surface area contributed by atoms with Crippen LogP contribution in [0.5, 0.6) is 0 Å². The number of hydrogen-bond acceptors (Lipinski definition) is 4. The molecule has 0 N–H and O–H groups in total. The van der Waals surface area contributed by atoms with E-state index in [4.69, 9.17) is 0 Å². The van der Waals surface area contributed by atoms with E-state index in [1.165, 1.54) is 0 Å². The number of aldehydes is 2. The van der Waals surface area contributed by atoms with Crippen molar-refractivity contribution >= 4 is 18.5 Å². The van der Waals surface area contributed by atoms with E-state index in [0.29, 0.717) is 12.6 Å². The molecule has 0 amide bonds. The molecule has 0 rings (SSSR count). The van der Waals surface area contributed by atoms with E-state index in [-0.39, 0.29) is 19.4 Å². The van der Waals surface area contributed by atoms with Crippen molar-refractivity contribution in [3.8, 4) is 0 Å². The molecular weight excluding hydrogens is 160 g/mol. The largest absolute Gasteiger partial charge is 0.465 e. The van der Waals surface area contributed by atoms with Gasteiger partial charge in [0.05, 0.1) is 6.61 Å². The van der Waals surface area contributed by atoms with Gasteiger partial charge in [-0.25, -0.2) is 0 Å². The predicted molar refractivity (Wildman–Crippen MR) is 41.5 cm³/mol. The topological polar surface area (TPSA) is 60.4 Å². The fourth-order valence-electron chi connectivity index (χ4n) is 0.738. The molecule has 68 valence electrons. The zero-order valence-corrected chi connectivity index (χ0v) is 6.99. The third-order valence-corrected chi connectivity index (χ3v) is 1.35. The van der Waals surface area contributed by atoms with Crippen molar-refractivity contribution in [2.45, 2.75) is 19.8 Å². The molecule has 0 aromatic carbocycles. The van der Waals surface area contributed by atoms with Crippen molar-refractivity contribution in [3.05, 3.63) is 0 Å². The highest BCUT2D eigenvalue weighted by Crippen LogP contribution is 2.04. The summed E-state index contributed by atoms with van der Waals surface area (Å²) in [5, 5.41) is 0. The van der Waals surface area contributed by atoms with E-state index in [2.05, 4.69) is 4.74 Å². The molecule has 1 atom stereocenters. The van der Waals surface area contributed by atoms with Gasteiger partial charge < -0.3 is 14.3 Å². The van der Waals surface area contributed by atoms with Crippen LogP contribution in [0, 0.1) is 5.92 Å². The number of carbonyl (C=O) groups is 3. The fourth-order valence-corrected chi connectivity index (χ4v) is 0.738. The average molecular weight is 172 g/mol. The Morgan fingerprint density at radius 2 is 2.17 bits per heavy atom. The maximum absolute atomic E-state index is 10.9. The Kier molecular flexibility index (Phi) is 5.87. The molecule has 0 aromatic heterocycles. The molecule has 0 spiro atoms. The minimum Gasteiger partial charge on any atom is -0.465 e. The summed E-state index contributed by atoms with van der Waals surface area (Å²) >= 11 is 0. The fraction of sp³-hybridized carbons (Fsp3) is 0.625. The van der Waals surface area contributed by atoms with Crippen molar-refractivity contribution in [1.82, 2.24) is 0 Å². The van der Waals surface area contributed by atoms with Crippen molar-refractivity contribution in [1.29, 1.82) is 0 Å². The van der Waals surface area contributed by atoms with E-state index >= 15 is 0 Å². The maximum atomic E-state index is 10.9. The highest BCUT2D eigenvalue weighted by Gasteiger charge is 2.17. The molecule has 0 saturated heterocycles. The molecule has 0 aliphatic heterocycles. The molecular formula is C8H12O4. The van der Waals surface area contributed by atoms with Gasteiger partial charge in [-0.05, 0) is 13.3 Å². The van der Waals surface area contributed by atoms with Crippen LogP contribution in [0.15, 0.2) is 0 Å². The second-order valence-electron chi connectivity index (χ2n) is 2.24. The van der Waals surface area contributed by atoms with Gasteiger partial charge >= 0.3 is 5.97 Å². The molecule has 0 bridgehead atoms. The lowest BCUT2D eigenvalue weighted by Crippen LogP contribution is -2.19. The Labute approximate surface area is 70.9 Å². The molecule has 0 saturated carbocycles. The first-order valence-corrected chi connectivity index (χ1v) is 3.81. The molecule has 0 aromatic rings. The first kappa shape index (κ1) is 10.8. The molecule has 1 unspecified atom stereocenters. The highest BCUT2D eigenvalue weighted by molar-refractivity contribution is 5.87. The SMILES string of the molecule is CCOC(=O)C(C=O)CCC=O. The van der Waals surface area contributed by atoms with Gasteiger partial charge in [-0.3, -0.25) is 4.79 Å². The summed E-state index contributed by atoms with van der Waals surface area (Å²) in [6.45, 7) is 1.92. The summed E-state index contributed by atoms with van der Waals surface area (Å²) in [5.74, 6) is -1.33. The third kappa shape index (κ3) is 3.85. The van der Waals surface area contributed by atoms with Crippen LogP contribution in [0.1, 0.15) is 19.8 Å². The lowest BCUT2D eigenvalue weighted by atomic mass is 10.1. The number of hydrogen-bond donors (Lipinski definition) is 0. The Bertz CT molecular complexity index is 164. The summed E-state index contributed by atoms with van der Waals surface area (Å²) in [6.07, 6.45) is 1.64. The standard InChI is InChI=1S/C8H12O4/c1-2-12-8(11)7(6-10)4-3-5-9/h5-7H,2-4H2,1H3. The van der Waals surface area contributed by atoms with E-state index in [0.717, 1.165) is 0 Å². The highest BCUT2D eigenvalue weighted by atomic mass is 16.5. The summed E-state index contributed by atoms with van der Waals surface area (Å²) in [5.41, 5.74) is 0.